The van der Waals surface area contributed by atoms with E-state index in [0.29, 0.717) is 19.4 Å². The second kappa shape index (κ2) is 10.2. The molecule has 0 heterocycles. The van der Waals surface area contributed by atoms with E-state index in [9.17, 15) is 5.11 Å². The van der Waals surface area contributed by atoms with Crippen LogP contribution in [0.25, 0.3) is 0 Å². The highest BCUT2D eigenvalue weighted by Gasteiger charge is 2.50. The normalized spacial score (nSPS) is 14.2. The van der Waals surface area contributed by atoms with Crippen LogP contribution >= 0.6 is 0 Å². The Morgan fingerprint density at radius 3 is 1.93 bits per heavy atom. The van der Waals surface area contributed by atoms with E-state index in [1.54, 1.807) is 6.08 Å². The molecule has 0 bridgehead atoms. The van der Waals surface area contributed by atoms with E-state index >= 15 is 0 Å². The molecule has 0 saturated heterocycles. The van der Waals surface area contributed by atoms with Crippen LogP contribution in [0.1, 0.15) is 40.5 Å². The lowest BCUT2D eigenvalue weighted by Gasteiger charge is -2.43. The largest absolute Gasteiger partial charge is 0.407 e. The highest BCUT2D eigenvalue weighted by atomic mass is 28.4. The summed E-state index contributed by atoms with van der Waals surface area (Å²) in [5, 5.41) is 12.6. The second-order valence-corrected chi connectivity index (χ2v) is 13.2. The van der Waals surface area contributed by atoms with Gasteiger partial charge in [0.25, 0.3) is 8.32 Å². The minimum Gasteiger partial charge on any atom is -0.407 e. The first-order valence-corrected chi connectivity index (χ1v) is 12.3. The smallest absolute Gasteiger partial charge is 0.261 e. The fourth-order valence-electron chi connectivity index (χ4n) is 3.91. The van der Waals surface area contributed by atoms with E-state index in [-0.39, 0.29) is 11.0 Å². The van der Waals surface area contributed by atoms with Crippen LogP contribution in [-0.2, 0) is 4.43 Å². The summed E-state index contributed by atoms with van der Waals surface area (Å²) >= 11 is 0. The minimum atomic E-state index is -2.53. The summed E-state index contributed by atoms with van der Waals surface area (Å²) in [7, 11) is -2.53. The van der Waals surface area contributed by atoms with Gasteiger partial charge < -0.3 is 9.53 Å². The van der Waals surface area contributed by atoms with Crippen molar-refractivity contribution in [1.82, 2.24) is 0 Å². The van der Waals surface area contributed by atoms with E-state index in [4.69, 9.17) is 4.43 Å². The van der Waals surface area contributed by atoms with Crippen molar-refractivity contribution in [2.45, 2.75) is 51.7 Å². The van der Waals surface area contributed by atoms with Crippen LogP contribution in [0.4, 0.5) is 0 Å². The van der Waals surface area contributed by atoms with Gasteiger partial charge in [-0.3, -0.25) is 0 Å². The van der Waals surface area contributed by atoms with E-state index in [2.05, 4.69) is 102 Å². The fourth-order valence-corrected chi connectivity index (χ4v) is 8.56. The van der Waals surface area contributed by atoms with E-state index < -0.39 is 14.4 Å². The Hall–Kier alpha value is -1.94. The topological polar surface area (TPSA) is 29.5 Å². The van der Waals surface area contributed by atoms with Gasteiger partial charge in [-0.25, -0.2) is 0 Å². The molecule has 1 N–H and O–H groups in total. The van der Waals surface area contributed by atoms with Crippen molar-refractivity contribution in [2.75, 3.05) is 6.61 Å². The number of hydrogen-bond donors (Lipinski definition) is 1. The summed E-state index contributed by atoms with van der Waals surface area (Å²) in [6.07, 6.45) is 2.50. The molecule has 3 heteroatoms. The average molecular weight is 409 g/mol. The lowest BCUT2D eigenvalue weighted by molar-refractivity contribution is 0.171. The Bertz CT molecular complexity index is 738. The van der Waals surface area contributed by atoms with Crippen LogP contribution in [0.15, 0.2) is 85.5 Å². The van der Waals surface area contributed by atoms with Crippen molar-refractivity contribution >= 4 is 18.7 Å². The van der Waals surface area contributed by atoms with Crippen LogP contribution in [-0.4, -0.2) is 26.1 Å². The van der Waals surface area contributed by atoms with Crippen molar-refractivity contribution in [3.8, 4) is 0 Å². The Morgan fingerprint density at radius 1 is 1.03 bits per heavy atom. The van der Waals surface area contributed by atoms with E-state index in [1.807, 2.05) is 0 Å². The molecule has 0 aromatic heterocycles. The molecule has 2 aromatic carbocycles. The molecule has 2 atom stereocenters. The Morgan fingerprint density at radius 2 is 1.52 bits per heavy atom. The predicted octanol–water partition coefficient (Wildman–Crippen LogP) is 5.08. The minimum absolute atomic E-state index is 0.0425. The Kier molecular flexibility index (Phi) is 8.20. The van der Waals surface area contributed by atoms with Crippen molar-refractivity contribution in [3.63, 3.8) is 0 Å². The van der Waals surface area contributed by atoms with Gasteiger partial charge in [-0.15, -0.1) is 6.58 Å². The summed E-state index contributed by atoms with van der Waals surface area (Å²) in [6.45, 7) is 17.5. The van der Waals surface area contributed by atoms with Crippen LogP contribution < -0.4 is 10.4 Å². The van der Waals surface area contributed by atoms with Crippen LogP contribution in [0, 0.1) is 5.92 Å². The molecule has 0 aliphatic heterocycles. The van der Waals surface area contributed by atoms with Crippen molar-refractivity contribution in [2.24, 2.45) is 5.92 Å². The first kappa shape index (κ1) is 23.3. The maximum absolute atomic E-state index is 10.1. The van der Waals surface area contributed by atoms with Gasteiger partial charge in [-0.05, 0) is 34.2 Å². The van der Waals surface area contributed by atoms with Crippen molar-refractivity contribution in [3.05, 3.63) is 85.5 Å². The van der Waals surface area contributed by atoms with Gasteiger partial charge >= 0.3 is 0 Å². The predicted molar refractivity (Wildman–Crippen MR) is 127 cm³/mol. The van der Waals surface area contributed by atoms with Crippen molar-refractivity contribution in [1.29, 1.82) is 0 Å². The van der Waals surface area contributed by atoms with Crippen LogP contribution in [0.3, 0.4) is 0 Å². The quantitative estimate of drug-likeness (QED) is 0.439. The maximum Gasteiger partial charge on any atom is 0.261 e. The maximum atomic E-state index is 10.1. The monoisotopic (exact) mass is 408 g/mol. The summed E-state index contributed by atoms with van der Waals surface area (Å²) in [4.78, 5) is 0. The number of rotatable bonds is 10. The third-order valence-corrected chi connectivity index (χ3v) is 10.6. The highest BCUT2D eigenvalue weighted by molar-refractivity contribution is 6.99. The summed E-state index contributed by atoms with van der Waals surface area (Å²) < 4.78 is 6.97. The SMILES string of the molecule is C=CC[C@H](O)CC(=C)[C@H](C)CO[Si](c1ccccc1)(c1ccccc1)C(C)(C)C. The van der Waals surface area contributed by atoms with Gasteiger partial charge in [0.2, 0.25) is 0 Å². The second-order valence-electron chi connectivity index (χ2n) is 8.92. The summed E-state index contributed by atoms with van der Waals surface area (Å²) in [6, 6.07) is 21.3. The number of aliphatic hydroxyl groups is 1. The number of aliphatic hydroxyl groups excluding tert-OH is 1. The Balaban J connectivity index is 2.36. The van der Waals surface area contributed by atoms with Crippen molar-refractivity contribution < 1.29 is 9.53 Å². The summed E-state index contributed by atoms with van der Waals surface area (Å²) in [5.74, 6) is 0.163. The zero-order chi connectivity index (χ0) is 21.5. The first-order chi connectivity index (χ1) is 13.7. The molecule has 0 aliphatic carbocycles. The molecule has 2 nitrogen and oxygen atoms in total. The van der Waals surface area contributed by atoms with Crippen LogP contribution in [0.5, 0.6) is 0 Å². The fraction of sp³-hybridized carbons (Fsp3) is 0.385. The van der Waals surface area contributed by atoms with Gasteiger partial charge in [-0.1, -0.05) is 107 Å². The third kappa shape index (κ3) is 5.56. The molecule has 0 spiro atoms. The molecule has 0 amide bonds. The lowest BCUT2D eigenvalue weighted by atomic mass is 9.97. The van der Waals surface area contributed by atoms with Gasteiger partial charge in [-0.2, -0.15) is 0 Å². The third-order valence-electron chi connectivity index (χ3n) is 5.60. The molecule has 29 heavy (non-hydrogen) atoms. The molecular formula is C26H36O2Si. The molecule has 2 aromatic rings. The average Bonchev–Trinajstić information content (AvgIpc) is 2.69. The molecule has 0 aliphatic rings. The number of hydrogen-bond acceptors (Lipinski definition) is 2. The van der Waals surface area contributed by atoms with Gasteiger partial charge in [0.15, 0.2) is 0 Å². The Labute approximate surface area is 178 Å². The zero-order valence-electron chi connectivity index (χ0n) is 18.4. The molecular weight excluding hydrogens is 372 g/mol. The molecule has 156 valence electrons. The lowest BCUT2D eigenvalue weighted by Crippen LogP contribution is -2.66. The first-order valence-electron chi connectivity index (χ1n) is 10.4. The molecule has 0 saturated carbocycles. The van der Waals surface area contributed by atoms with Crippen LogP contribution in [0.2, 0.25) is 5.04 Å². The molecule has 0 unspecified atom stereocenters. The van der Waals surface area contributed by atoms with Gasteiger partial charge in [0.05, 0.1) is 6.10 Å². The number of benzene rings is 2. The van der Waals surface area contributed by atoms with Gasteiger partial charge in [0, 0.05) is 6.61 Å². The molecule has 2 rings (SSSR count). The standard InChI is InChI=1S/C26H36O2Si/c1-7-14-23(27)19-21(2)22(3)20-28-29(26(4,5)6,24-15-10-8-11-16-24)25-17-12-9-13-18-25/h7-13,15-18,22-23,27H,1-2,14,19-20H2,3-6H3/t22-,23+/m1/s1. The van der Waals surface area contributed by atoms with Gasteiger partial charge in [0.1, 0.15) is 0 Å². The molecule has 0 fully saturated rings. The zero-order valence-corrected chi connectivity index (χ0v) is 19.4. The van der Waals surface area contributed by atoms with E-state index in [0.717, 1.165) is 5.57 Å². The highest BCUT2D eigenvalue weighted by Crippen LogP contribution is 2.37. The molecule has 0 radical (unpaired) electrons. The summed E-state index contributed by atoms with van der Waals surface area (Å²) in [5.41, 5.74) is 1.03. The van der Waals surface area contributed by atoms with E-state index in [1.165, 1.54) is 10.4 Å².